The van der Waals surface area contributed by atoms with Crippen molar-refractivity contribution in [2.24, 2.45) is 0 Å². The molecule has 35 heavy (non-hydrogen) atoms. The molecule has 0 atom stereocenters. The second kappa shape index (κ2) is 12.4. The standard InChI is InChI=1S/C25H25FN2O.C2H2O4/c26-23-13-7-8-20(18-23)19-27-14-16-28(17-15-27)25(29)24(21-9-3-1-4-10-21)22-11-5-2-6-12-22;3-1(4)2(5)6/h1-13,18,24H,14-17,19H2;(H,3,4)(H,5,6). The lowest BCUT2D eigenvalue weighted by atomic mass is 9.90. The van der Waals surface area contributed by atoms with Crippen LogP contribution in [0.4, 0.5) is 4.39 Å². The first kappa shape index (κ1) is 25.6. The Kier molecular flexibility index (Phi) is 9.09. The van der Waals surface area contributed by atoms with Crippen LogP contribution in [0, 0.1) is 5.82 Å². The minimum Gasteiger partial charge on any atom is -0.473 e. The molecule has 8 heteroatoms. The number of carboxylic acids is 2. The molecule has 1 aliphatic heterocycles. The Balaban J connectivity index is 0.000000509. The summed E-state index contributed by atoms with van der Waals surface area (Å²) in [5.74, 6) is -3.99. The summed E-state index contributed by atoms with van der Waals surface area (Å²) < 4.78 is 13.4. The average Bonchev–Trinajstić information content (AvgIpc) is 2.86. The molecule has 1 fully saturated rings. The van der Waals surface area contributed by atoms with Crippen molar-refractivity contribution < 1.29 is 29.0 Å². The SMILES string of the molecule is O=C(C(c1ccccc1)c1ccccc1)N1CCN(Cc2cccc(F)c2)CC1.O=C(O)C(=O)O. The van der Waals surface area contributed by atoms with Gasteiger partial charge in [-0.05, 0) is 28.8 Å². The molecule has 0 unspecified atom stereocenters. The van der Waals surface area contributed by atoms with Gasteiger partial charge in [-0.1, -0.05) is 72.8 Å². The second-order valence-corrected chi connectivity index (χ2v) is 8.10. The summed E-state index contributed by atoms with van der Waals surface area (Å²) in [4.78, 5) is 35.9. The van der Waals surface area contributed by atoms with Gasteiger partial charge in [0.25, 0.3) is 0 Å². The van der Waals surface area contributed by atoms with Gasteiger partial charge in [-0.2, -0.15) is 0 Å². The molecule has 7 nitrogen and oxygen atoms in total. The third kappa shape index (κ3) is 7.48. The molecule has 1 amide bonds. The topological polar surface area (TPSA) is 98.2 Å². The highest BCUT2D eigenvalue weighted by Crippen LogP contribution is 2.27. The first-order valence-electron chi connectivity index (χ1n) is 11.2. The molecule has 3 aromatic rings. The number of amides is 1. The van der Waals surface area contributed by atoms with Gasteiger partial charge in [0.05, 0.1) is 5.92 Å². The summed E-state index contributed by atoms with van der Waals surface area (Å²) >= 11 is 0. The Morgan fingerprint density at radius 3 is 1.71 bits per heavy atom. The molecule has 0 aromatic heterocycles. The molecule has 4 rings (SSSR count). The quantitative estimate of drug-likeness (QED) is 0.545. The molecule has 182 valence electrons. The number of carbonyl (C=O) groups excluding carboxylic acids is 1. The van der Waals surface area contributed by atoms with E-state index in [0.717, 1.165) is 29.8 Å². The highest BCUT2D eigenvalue weighted by molar-refractivity contribution is 6.27. The van der Waals surface area contributed by atoms with E-state index in [-0.39, 0.29) is 17.6 Å². The fourth-order valence-corrected chi connectivity index (χ4v) is 3.97. The van der Waals surface area contributed by atoms with Crippen LogP contribution in [0.15, 0.2) is 84.9 Å². The second-order valence-electron chi connectivity index (χ2n) is 8.10. The van der Waals surface area contributed by atoms with Crippen molar-refractivity contribution in [3.63, 3.8) is 0 Å². The zero-order valence-electron chi connectivity index (χ0n) is 19.1. The molecule has 1 saturated heterocycles. The van der Waals surface area contributed by atoms with Crippen molar-refractivity contribution in [2.75, 3.05) is 26.2 Å². The minimum atomic E-state index is -1.82. The van der Waals surface area contributed by atoms with Crippen LogP contribution in [0.2, 0.25) is 0 Å². The Bertz CT molecular complexity index is 1080. The van der Waals surface area contributed by atoms with Crippen LogP contribution in [0.5, 0.6) is 0 Å². The monoisotopic (exact) mass is 478 g/mol. The maximum atomic E-state index is 13.5. The highest BCUT2D eigenvalue weighted by Gasteiger charge is 2.29. The lowest BCUT2D eigenvalue weighted by molar-refractivity contribution is -0.159. The number of benzene rings is 3. The summed E-state index contributed by atoms with van der Waals surface area (Å²) in [5, 5.41) is 14.8. The third-order valence-corrected chi connectivity index (χ3v) is 5.67. The van der Waals surface area contributed by atoms with Crippen molar-refractivity contribution in [2.45, 2.75) is 12.5 Å². The fraction of sp³-hybridized carbons (Fsp3) is 0.222. The van der Waals surface area contributed by atoms with E-state index in [4.69, 9.17) is 19.8 Å². The number of nitrogens with zero attached hydrogens (tertiary/aromatic N) is 2. The lowest BCUT2D eigenvalue weighted by Gasteiger charge is -2.36. The number of carboxylic acid groups (broad SMARTS) is 2. The number of hydrogen-bond acceptors (Lipinski definition) is 4. The smallest absolute Gasteiger partial charge is 0.414 e. The van der Waals surface area contributed by atoms with Crippen molar-refractivity contribution >= 4 is 17.8 Å². The summed E-state index contributed by atoms with van der Waals surface area (Å²) in [7, 11) is 0. The van der Waals surface area contributed by atoms with Gasteiger partial charge >= 0.3 is 11.9 Å². The summed E-state index contributed by atoms with van der Waals surface area (Å²) in [5.41, 5.74) is 3.01. The van der Waals surface area contributed by atoms with Gasteiger partial charge in [-0.15, -0.1) is 0 Å². The molecular weight excluding hydrogens is 451 g/mol. The minimum absolute atomic E-state index is 0.146. The fourth-order valence-electron chi connectivity index (χ4n) is 3.97. The van der Waals surface area contributed by atoms with E-state index in [1.165, 1.54) is 6.07 Å². The van der Waals surface area contributed by atoms with Crippen LogP contribution >= 0.6 is 0 Å². The van der Waals surface area contributed by atoms with Crippen LogP contribution in [-0.4, -0.2) is 64.0 Å². The lowest BCUT2D eigenvalue weighted by Crippen LogP contribution is -2.49. The summed E-state index contributed by atoms with van der Waals surface area (Å²) in [6, 6.07) is 26.7. The van der Waals surface area contributed by atoms with Crippen LogP contribution in [0.25, 0.3) is 0 Å². The largest absolute Gasteiger partial charge is 0.473 e. The molecular formula is C27H27FN2O5. The van der Waals surface area contributed by atoms with E-state index >= 15 is 0 Å². The van der Waals surface area contributed by atoms with E-state index in [1.54, 1.807) is 12.1 Å². The maximum Gasteiger partial charge on any atom is 0.414 e. The first-order valence-corrected chi connectivity index (χ1v) is 11.2. The zero-order chi connectivity index (χ0) is 25.2. The van der Waals surface area contributed by atoms with Gasteiger partial charge in [0.1, 0.15) is 5.82 Å². The number of halogens is 1. The Labute approximate surface area is 203 Å². The number of carbonyl (C=O) groups is 3. The van der Waals surface area contributed by atoms with E-state index < -0.39 is 11.9 Å². The Morgan fingerprint density at radius 2 is 1.26 bits per heavy atom. The molecule has 2 N–H and O–H groups in total. The molecule has 0 spiro atoms. The number of piperazine rings is 1. The molecule has 0 bridgehead atoms. The van der Waals surface area contributed by atoms with Gasteiger partial charge in [0.15, 0.2) is 0 Å². The third-order valence-electron chi connectivity index (χ3n) is 5.67. The Morgan fingerprint density at radius 1 is 0.743 bits per heavy atom. The van der Waals surface area contributed by atoms with Crippen LogP contribution in [-0.2, 0) is 20.9 Å². The molecule has 1 heterocycles. The summed E-state index contributed by atoms with van der Waals surface area (Å²) in [6.45, 7) is 3.66. The van der Waals surface area contributed by atoms with Crippen LogP contribution < -0.4 is 0 Å². The van der Waals surface area contributed by atoms with Gasteiger partial charge in [0.2, 0.25) is 5.91 Å². The highest BCUT2D eigenvalue weighted by atomic mass is 19.1. The molecule has 0 radical (unpaired) electrons. The van der Waals surface area contributed by atoms with Crippen LogP contribution in [0.1, 0.15) is 22.6 Å². The van der Waals surface area contributed by atoms with Crippen molar-refractivity contribution in [1.82, 2.24) is 9.80 Å². The normalized spacial score (nSPS) is 13.6. The van der Waals surface area contributed by atoms with E-state index in [0.29, 0.717) is 19.6 Å². The molecule has 0 aliphatic carbocycles. The number of hydrogen-bond donors (Lipinski definition) is 2. The molecule has 1 aliphatic rings. The van der Waals surface area contributed by atoms with Crippen molar-refractivity contribution in [3.8, 4) is 0 Å². The first-order chi connectivity index (χ1) is 16.8. The van der Waals surface area contributed by atoms with Gasteiger partial charge in [0, 0.05) is 32.7 Å². The van der Waals surface area contributed by atoms with Crippen LogP contribution in [0.3, 0.4) is 0 Å². The zero-order valence-corrected chi connectivity index (χ0v) is 19.1. The average molecular weight is 479 g/mol. The van der Waals surface area contributed by atoms with Gasteiger partial charge in [-0.25, -0.2) is 14.0 Å². The van der Waals surface area contributed by atoms with Gasteiger partial charge < -0.3 is 15.1 Å². The number of rotatable bonds is 5. The number of aliphatic carboxylic acids is 2. The van der Waals surface area contributed by atoms with E-state index in [1.807, 2.05) is 71.6 Å². The van der Waals surface area contributed by atoms with Gasteiger partial charge in [-0.3, -0.25) is 9.69 Å². The maximum absolute atomic E-state index is 13.5. The summed E-state index contributed by atoms with van der Waals surface area (Å²) in [6.07, 6.45) is 0. The van der Waals surface area contributed by atoms with Crippen molar-refractivity contribution in [1.29, 1.82) is 0 Å². The predicted octanol–water partition coefficient (Wildman–Crippen LogP) is 3.46. The molecule has 0 saturated carbocycles. The van der Waals surface area contributed by atoms with E-state index in [2.05, 4.69) is 4.90 Å². The predicted molar refractivity (Wildman–Crippen MR) is 128 cm³/mol. The Hall–Kier alpha value is -4.04. The van der Waals surface area contributed by atoms with E-state index in [9.17, 15) is 9.18 Å². The molecule has 3 aromatic carbocycles. The van der Waals surface area contributed by atoms with Crippen molar-refractivity contribution in [3.05, 3.63) is 107 Å².